The van der Waals surface area contributed by atoms with Crippen LogP contribution in [0.2, 0.25) is 0 Å². The lowest BCUT2D eigenvalue weighted by molar-refractivity contribution is 0.111. The Labute approximate surface area is 196 Å². The van der Waals surface area contributed by atoms with Crippen LogP contribution in [0.3, 0.4) is 0 Å². The minimum atomic E-state index is -0.253. The Morgan fingerprint density at radius 3 is 2.57 bits per heavy atom. The predicted molar refractivity (Wildman–Crippen MR) is 129 cm³/mol. The third kappa shape index (κ3) is 8.08. The Morgan fingerprint density at radius 1 is 1.23 bits per heavy atom. The zero-order chi connectivity index (χ0) is 21.1. The van der Waals surface area contributed by atoms with Crippen LogP contribution in [0.4, 0.5) is 4.79 Å². The van der Waals surface area contributed by atoms with Crippen LogP contribution in [0.15, 0.2) is 23.2 Å². The van der Waals surface area contributed by atoms with Crippen molar-refractivity contribution in [1.82, 2.24) is 15.5 Å². The van der Waals surface area contributed by atoms with Crippen LogP contribution >= 0.6 is 24.0 Å². The first kappa shape index (κ1) is 26.1. The molecule has 0 unspecified atom stereocenters. The van der Waals surface area contributed by atoms with Gasteiger partial charge in [-0.25, -0.2) is 4.79 Å². The molecule has 0 spiro atoms. The topological polar surface area (TPSA) is 84.4 Å². The van der Waals surface area contributed by atoms with Crippen molar-refractivity contribution in [3.05, 3.63) is 23.8 Å². The summed E-state index contributed by atoms with van der Waals surface area (Å²) in [5.74, 6) is 2.35. The van der Waals surface area contributed by atoms with E-state index in [-0.39, 0.29) is 30.1 Å². The summed E-state index contributed by atoms with van der Waals surface area (Å²) >= 11 is 0. The normalized spacial score (nSPS) is 14.5. The fraction of sp³-hybridized carbons (Fsp3) is 0.619. The molecule has 1 aliphatic rings. The minimum Gasteiger partial charge on any atom is -0.493 e. The van der Waals surface area contributed by atoms with E-state index in [4.69, 9.17) is 14.2 Å². The number of halogens is 1. The molecule has 2 N–H and O–H groups in total. The summed E-state index contributed by atoms with van der Waals surface area (Å²) in [4.78, 5) is 17.6. The summed E-state index contributed by atoms with van der Waals surface area (Å²) in [5, 5.41) is 6.82. The van der Waals surface area contributed by atoms with E-state index in [9.17, 15) is 4.79 Å². The summed E-state index contributed by atoms with van der Waals surface area (Å²) < 4.78 is 15.8. The van der Waals surface area contributed by atoms with E-state index < -0.39 is 0 Å². The SMILES string of the molecule is CCOc1cc(CCCNC(=NC)NC2CCN(C(=O)OC)CC2)ccc1OC.I. The Bertz CT molecular complexity index is 679. The van der Waals surface area contributed by atoms with Crippen molar-refractivity contribution >= 4 is 36.0 Å². The van der Waals surface area contributed by atoms with Gasteiger partial charge < -0.3 is 29.7 Å². The molecule has 0 aliphatic carbocycles. The number of nitrogens with zero attached hydrogens (tertiary/aromatic N) is 2. The van der Waals surface area contributed by atoms with Crippen molar-refractivity contribution in [3.8, 4) is 11.5 Å². The largest absolute Gasteiger partial charge is 0.493 e. The highest BCUT2D eigenvalue weighted by Gasteiger charge is 2.23. The molecule has 8 nitrogen and oxygen atoms in total. The molecular formula is C21H35IN4O4. The smallest absolute Gasteiger partial charge is 0.409 e. The first-order chi connectivity index (χ1) is 14.1. The number of rotatable bonds is 8. The minimum absolute atomic E-state index is 0. The third-order valence-corrected chi connectivity index (χ3v) is 4.95. The summed E-state index contributed by atoms with van der Waals surface area (Å²) in [5.41, 5.74) is 1.22. The Balaban J connectivity index is 0.00000450. The van der Waals surface area contributed by atoms with Gasteiger partial charge in [-0.1, -0.05) is 6.07 Å². The van der Waals surface area contributed by atoms with E-state index in [1.54, 1.807) is 19.1 Å². The molecule has 1 heterocycles. The van der Waals surface area contributed by atoms with Crippen molar-refractivity contribution in [3.63, 3.8) is 0 Å². The number of aryl methyl sites for hydroxylation is 1. The number of hydrogen-bond donors (Lipinski definition) is 2. The summed E-state index contributed by atoms with van der Waals surface area (Å²) in [6, 6.07) is 6.38. The van der Waals surface area contributed by atoms with E-state index in [0.717, 1.165) is 49.7 Å². The van der Waals surface area contributed by atoms with Gasteiger partial charge in [0.15, 0.2) is 17.5 Å². The number of ether oxygens (including phenoxy) is 3. The lowest BCUT2D eigenvalue weighted by atomic mass is 10.1. The molecular weight excluding hydrogens is 499 g/mol. The van der Waals surface area contributed by atoms with Gasteiger partial charge in [0.25, 0.3) is 0 Å². The summed E-state index contributed by atoms with van der Waals surface area (Å²) in [6.07, 6.45) is 3.41. The van der Waals surface area contributed by atoms with E-state index >= 15 is 0 Å². The molecule has 1 saturated heterocycles. The summed E-state index contributed by atoms with van der Waals surface area (Å²) in [7, 11) is 4.85. The molecule has 1 aromatic rings. The van der Waals surface area contributed by atoms with Gasteiger partial charge in [0, 0.05) is 32.7 Å². The lowest BCUT2D eigenvalue weighted by Crippen LogP contribution is -2.49. The van der Waals surface area contributed by atoms with Gasteiger partial charge in [-0.3, -0.25) is 4.99 Å². The standard InChI is InChI=1S/C21H34N4O4.HI/c1-5-29-19-15-16(8-9-18(19)27-3)7-6-12-23-20(22-2)24-17-10-13-25(14-11-17)21(26)28-4;/h8-9,15,17H,5-7,10-14H2,1-4H3,(H2,22,23,24);1H. The van der Waals surface area contributed by atoms with E-state index in [1.165, 1.54) is 12.7 Å². The van der Waals surface area contributed by atoms with Crippen LogP contribution in [0.5, 0.6) is 11.5 Å². The number of carbonyl (C=O) groups excluding carboxylic acids is 1. The number of carbonyl (C=O) groups is 1. The molecule has 1 aliphatic heterocycles. The van der Waals surface area contributed by atoms with Gasteiger partial charge in [-0.05, 0) is 50.3 Å². The Morgan fingerprint density at radius 2 is 1.97 bits per heavy atom. The van der Waals surface area contributed by atoms with Crippen molar-refractivity contribution in [2.45, 2.75) is 38.6 Å². The second kappa shape index (κ2) is 14.2. The van der Waals surface area contributed by atoms with E-state index in [0.29, 0.717) is 25.7 Å². The molecule has 0 saturated carbocycles. The summed E-state index contributed by atoms with van der Waals surface area (Å²) in [6.45, 7) is 4.79. The van der Waals surface area contributed by atoms with Gasteiger partial charge in [-0.15, -0.1) is 24.0 Å². The first-order valence-electron chi connectivity index (χ1n) is 10.2. The van der Waals surface area contributed by atoms with Crippen LogP contribution in [0.1, 0.15) is 31.7 Å². The monoisotopic (exact) mass is 534 g/mol. The molecule has 1 fully saturated rings. The molecule has 0 bridgehead atoms. The number of likely N-dealkylation sites (tertiary alicyclic amines) is 1. The molecule has 1 aromatic carbocycles. The third-order valence-electron chi connectivity index (χ3n) is 4.95. The highest BCUT2D eigenvalue weighted by atomic mass is 127. The van der Waals surface area contributed by atoms with Gasteiger partial charge in [0.05, 0.1) is 20.8 Å². The number of piperidine rings is 1. The molecule has 2 rings (SSSR count). The molecule has 30 heavy (non-hydrogen) atoms. The zero-order valence-corrected chi connectivity index (χ0v) is 20.7. The predicted octanol–water partition coefficient (Wildman–Crippen LogP) is 3.04. The molecule has 170 valence electrons. The van der Waals surface area contributed by atoms with Crippen molar-refractivity contribution in [1.29, 1.82) is 0 Å². The maximum Gasteiger partial charge on any atom is 0.409 e. The molecule has 9 heteroatoms. The highest BCUT2D eigenvalue weighted by Crippen LogP contribution is 2.28. The zero-order valence-electron chi connectivity index (χ0n) is 18.4. The maximum absolute atomic E-state index is 11.6. The molecule has 0 radical (unpaired) electrons. The number of guanidine groups is 1. The quantitative estimate of drug-likeness (QED) is 0.231. The van der Waals surface area contributed by atoms with Crippen LogP contribution in [-0.4, -0.2) is 70.5 Å². The van der Waals surface area contributed by atoms with Gasteiger partial charge in [0.2, 0.25) is 0 Å². The van der Waals surface area contributed by atoms with Crippen LogP contribution < -0.4 is 20.1 Å². The average Bonchev–Trinajstić information content (AvgIpc) is 2.76. The second-order valence-corrected chi connectivity index (χ2v) is 6.90. The highest BCUT2D eigenvalue weighted by molar-refractivity contribution is 14.0. The molecule has 0 atom stereocenters. The van der Waals surface area contributed by atoms with Gasteiger partial charge >= 0.3 is 6.09 Å². The number of nitrogens with one attached hydrogen (secondary N) is 2. The fourth-order valence-electron chi connectivity index (χ4n) is 3.37. The number of amides is 1. The van der Waals surface area contributed by atoms with Crippen molar-refractivity contribution in [2.24, 2.45) is 4.99 Å². The van der Waals surface area contributed by atoms with Crippen LogP contribution in [0.25, 0.3) is 0 Å². The Hall–Kier alpha value is -1.91. The van der Waals surface area contributed by atoms with Crippen LogP contribution in [-0.2, 0) is 11.2 Å². The number of methoxy groups -OCH3 is 2. The molecule has 1 amide bonds. The van der Waals surface area contributed by atoms with Gasteiger partial charge in [-0.2, -0.15) is 0 Å². The van der Waals surface area contributed by atoms with Crippen LogP contribution in [0, 0.1) is 0 Å². The van der Waals surface area contributed by atoms with Crippen molar-refractivity contribution < 1.29 is 19.0 Å². The Kier molecular flexibility index (Phi) is 12.3. The number of hydrogen-bond acceptors (Lipinski definition) is 5. The molecule has 0 aromatic heterocycles. The second-order valence-electron chi connectivity index (χ2n) is 6.90. The number of aliphatic imine (C=N–C) groups is 1. The van der Waals surface area contributed by atoms with E-state index in [1.807, 2.05) is 19.1 Å². The van der Waals surface area contributed by atoms with E-state index in [2.05, 4.69) is 21.7 Å². The number of benzene rings is 1. The average molecular weight is 534 g/mol. The maximum atomic E-state index is 11.6. The fourth-order valence-corrected chi connectivity index (χ4v) is 3.37. The van der Waals surface area contributed by atoms with Gasteiger partial charge in [0.1, 0.15) is 0 Å². The van der Waals surface area contributed by atoms with Crippen molar-refractivity contribution in [2.75, 3.05) is 47.5 Å². The lowest BCUT2D eigenvalue weighted by Gasteiger charge is -2.32. The first-order valence-corrected chi connectivity index (χ1v) is 10.2.